The molecular weight excluding hydrogens is 495 g/mol. The Hall–Kier alpha value is -3.36. The topological polar surface area (TPSA) is 74.8 Å². The number of nitrogens with zero attached hydrogens (tertiary/aromatic N) is 3. The third-order valence-corrected chi connectivity index (χ3v) is 7.42. The fourth-order valence-corrected chi connectivity index (χ4v) is 5.16. The molecule has 9 heteroatoms. The van der Waals surface area contributed by atoms with Gasteiger partial charge in [-0.25, -0.2) is 14.4 Å². The summed E-state index contributed by atoms with van der Waals surface area (Å²) >= 11 is 7.45. The Balaban J connectivity index is 1.30. The molecule has 0 spiro atoms. The lowest BCUT2D eigenvalue weighted by Gasteiger charge is -2.23. The van der Waals surface area contributed by atoms with Crippen LogP contribution in [0.15, 0.2) is 78.2 Å². The van der Waals surface area contributed by atoms with E-state index in [-0.39, 0.29) is 5.82 Å². The summed E-state index contributed by atoms with van der Waals surface area (Å²) in [6, 6.07) is 16.6. The van der Waals surface area contributed by atoms with E-state index >= 15 is 0 Å². The van der Waals surface area contributed by atoms with E-state index in [1.54, 1.807) is 30.9 Å². The van der Waals surface area contributed by atoms with Crippen LogP contribution in [0, 0.1) is 5.82 Å². The summed E-state index contributed by atoms with van der Waals surface area (Å²) in [6.45, 7) is 0. The van der Waals surface area contributed by atoms with Crippen LogP contribution in [0.4, 0.5) is 27.3 Å². The number of anilines is 4. The van der Waals surface area contributed by atoms with Gasteiger partial charge < -0.3 is 15.4 Å². The van der Waals surface area contributed by atoms with Gasteiger partial charge in [0.1, 0.15) is 18.0 Å². The van der Waals surface area contributed by atoms with E-state index < -0.39 is 0 Å². The lowest BCUT2D eigenvalue weighted by molar-refractivity contribution is 0.462. The molecule has 0 radical (unpaired) electrons. The number of rotatable bonds is 8. The number of aromatic nitrogens is 3. The molecule has 0 amide bonds. The Morgan fingerprint density at radius 1 is 0.944 bits per heavy atom. The standard InChI is InChI=1S/C27H26ClFN6S/c28-21-8-4-5-9-26(21)36-35-24-11-10-19(14-22(24)29)33-23-12-13-30-16-20(23)25-15-27(32-17-31-25)34-18-6-2-1-3-7-18/h4-5,8-18,35H,1-3,6-7H2,(H,30,33)(H,31,32,34). The third kappa shape index (κ3) is 6.06. The fourth-order valence-electron chi connectivity index (χ4n) is 4.22. The highest BCUT2D eigenvalue weighted by atomic mass is 35.5. The zero-order valence-electron chi connectivity index (χ0n) is 19.5. The number of halogens is 2. The Kier molecular flexibility index (Phi) is 7.83. The largest absolute Gasteiger partial charge is 0.367 e. The maximum Gasteiger partial charge on any atom is 0.149 e. The minimum Gasteiger partial charge on any atom is -0.367 e. The number of benzene rings is 2. The molecule has 184 valence electrons. The monoisotopic (exact) mass is 520 g/mol. The van der Waals surface area contributed by atoms with Crippen LogP contribution in [0.3, 0.4) is 0 Å². The highest BCUT2D eigenvalue weighted by Crippen LogP contribution is 2.33. The number of hydrogen-bond donors (Lipinski definition) is 3. The van der Waals surface area contributed by atoms with Gasteiger partial charge in [-0.1, -0.05) is 43.0 Å². The molecule has 3 N–H and O–H groups in total. The smallest absolute Gasteiger partial charge is 0.149 e. The van der Waals surface area contributed by atoms with Gasteiger partial charge in [-0.05, 0) is 61.2 Å². The van der Waals surface area contributed by atoms with Crippen molar-refractivity contribution in [3.05, 3.63) is 84.2 Å². The Labute approximate surface area is 219 Å². The van der Waals surface area contributed by atoms with Crippen LogP contribution in [0.2, 0.25) is 5.02 Å². The zero-order valence-corrected chi connectivity index (χ0v) is 21.1. The van der Waals surface area contributed by atoms with E-state index in [1.165, 1.54) is 37.3 Å². The van der Waals surface area contributed by atoms with Crippen molar-refractivity contribution in [2.75, 3.05) is 15.4 Å². The number of nitrogens with one attached hydrogen (secondary N) is 3. The second kappa shape index (κ2) is 11.6. The van der Waals surface area contributed by atoms with Crippen molar-refractivity contribution >= 4 is 46.4 Å². The average Bonchev–Trinajstić information content (AvgIpc) is 2.90. The lowest BCUT2D eigenvalue weighted by Crippen LogP contribution is -2.22. The molecular formula is C27H26ClFN6S. The van der Waals surface area contributed by atoms with Crippen molar-refractivity contribution < 1.29 is 4.39 Å². The van der Waals surface area contributed by atoms with Crippen molar-refractivity contribution in [3.63, 3.8) is 0 Å². The van der Waals surface area contributed by atoms with Gasteiger partial charge in [0.25, 0.3) is 0 Å². The average molecular weight is 521 g/mol. The van der Waals surface area contributed by atoms with Gasteiger partial charge in [0.05, 0.1) is 22.1 Å². The molecule has 0 atom stereocenters. The van der Waals surface area contributed by atoms with Crippen LogP contribution >= 0.6 is 23.5 Å². The lowest BCUT2D eigenvalue weighted by atomic mass is 9.95. The third-order valence-electron chi connectivity index (χ3n) is 6.08. The van der Waals surface area contributed by atoms with Crippen molar-refractivity contribution in [2.24, 2.45) is 0 Å². The minimum absolute atomic E-state index is 0.370. The number of pyridine rings is 1. The predicted octanol–water partition coefficient (Wildman–Crippen LogP) is 7.94. The molecule has 6 nitrogen and oxygen atoms in total. The fraction of sp³-hybridized carbons (Fsp3) is 0.222. The molecule has 1 aliphatic carbocycles. The molecule has 2 aromatic carbocycles. The van der Waals surface area contributed by atoms with E-state index in [1.807, 2.05) is 36.4 Å². The van der Waals surface area contributed by atoms with Crippen LogP contribution in [0.5, 0.6) is 0 Å². The van der Waals surface area contributed by atoms with Crippen LogP contribution in [0.25, 0.3) is 11.3 Å². The van der Waals surface area contributed by atoms with Gasteiger partial charge in [0.2, 0.25) is 0 Å². The molecule has 2 aromatic heterocycles. The highest BCUT2D eigenvalue weighted by molar-refractivity contribution is 8.00. The van der Waals surface area contributed by atoms with Gasteiger partial charge >= 0.3 is 0 Å². The second-order valence-corrected chi connectivity index (χ2v) is 9.90. The first-order valence-electron chi connectivity index (χ1n) is 11.9. The summed E-state index contributed by atoms with van der Waals surface area (Å²) in [6.07, 6.45) is 11.1. The molecule has 0 unspecified atom stereocenters. The van der Waals surface area contributed by atoms with Crippen molar-refractivity contribution in [1.82, 2.24) is 15.0 Å². The molecule has 0 bridgehead atoms. The minimum atomic E-state index is -0.379. The van der Waals surface area contributed by atoms with E-state index in [0.717, 1.165) is 40.5 Å². The molecule has 2 heterocycles. The molecule has 1 aliphatic rings. The Morgan fingerprint density at radius 2 is 1.81 bits per heavy atom. The molecule has 4 aromatic rings. The van der Waals surface area contributed by atoms with Crippen molar-refractivity contribution in [1.29, 1.82) is 0 Å². The van der Waals surface area contributed by atoms with E-state index in [0.29, 0.717) is 22.4 Å². The van der Waals surface area contributed by atoms with Crippen molar-refractivity contribution in [2.45, 2.75) is 43.0 Å². The van der Waals surface area contributed by atoms with E-state index in [9.17, 15) is 4.39 Å². The number of hydrogen-bond acceptors (Lipinski definition) is 7. The first kappa shape index (κ1) is 24.3. The summed E-state index contributed by atoms with van der Waals surface area (Å²) in [5, 5.41) is 7.46. The first-order valence-corrected chi connectivity index (χ1v) is 13.1. The molecule has 0 aliphatic heterocycles. The summed E-state index contributed by atoms with van der Waals surface area (Å²) in [4.78, 5) is 14.0. The normalized spacial score (nSPS) is 13.8. The zero-order chi connectivity index (χ0) is 24.7. The summed E-state index contributed by atoms with van der Waals surface area (Å²) in [5.74, 6) is 0.426. The van der Waals surface area contributed by atoms with Crippen LogP contribution in [0.1, 0.15) is 32.1 Å². The molecule has 1 fully saturated rings. The maximum absolute atomic E-state index is 14.9. The highest BCUT2D eigenvalue weighted by Gasteiger charge is 2.15. The summed E-state index contributed by atoms with van der Waals surface area (Å²) in [5.41, 5.74) is 3.31. The molecule has 5 rings (SSSR count). The van der Waals surface area contributed by atoms with Gasteiger partial charge in [-0.3, -0.25) is 4.98 Å². The molecule has 1 saturated carbocycles. The van der Waals surface area contributed by atoms with Gasteiger partial charge in [-0.15, -0.1) is 0 Å². The Bertz CT molecular complexity index is 1330. The Morgan fingerprint density at radius 3 is 2.64 bits per heavy atom. The maximum atomic E-state index is 14.9. The summed E-state index contributed by atoms with van der Waals surface area (Å²) < 4.78 is 17.9. The van der Waals surface area contributed by atoms with E-state index in [4.69, 9.17) is 11.6 Å². The quantitative estimate of drug-likeness (QED) is 0.203. The first-order chi connectivity index (χ1) is 17.7. The molecule has 0 saturated heterocycles. The van der Waals surface area contributed by atoms with Crippen LogP contribution in [-0.4, -0.2) is 21.0 Å². The second-order valence-electron chi connectivity index (χ2n) is 8.64. The molecule has 36 heavy (non-hydrogen) atoms. The predicted molar refractivity (Wildman–Crippen MR) is 146 cm³/mol. The van der Waals surface area contributed by atoms with E-state index in [2.05, 4.69) is 30.3 Å². The van der Waals surface area contributed by atoms with Crippen LogP contribution < -0.4 is 15.4 Å². The van der Waals surface area contributed by atoms with Crippen LogP contribution in [-0.2, 0) is 0 Å². The van der Waals surface area contributed by atoms with Gasteiger partial charge in [0.15, 0.2) is 0 Å². The SMILES string of the molecule is Fc1cc(Nc2ccncc2-c2cc(NC3CCCCC3)ncn2)ccc1NSc1ccccc1Cl. The summed E-state index contributed by atoms with van der Waals surface area (Å²) in [7, 11) is 0. The van der Waals surface area contributed by atoms with Gasteiger partial charge in [0, 0.05) is 40.6 Å². The van der Waals surface area contributed by atoms with Crippen molar-refractivity contribution in [3.8, 4) is 11.3 Å². The van der Waals surface area contributed by atoms with Gasteiger partial charge in [-0.2, -0.15) is 0 Å².